The summed E-state index contributed by atoms with van der Waals surface area (Å²) in [5, 5.41) is 13.3. The van der Waals surface area contributed by atoms with E-state index in [-0.39, 0.29) is 23.2 Å². The van der Waals surface area contributed by atoms with E-state index in [1.54, 1.807) is 24.7 Å². The third kappa shape index (κ3) is 3.99. The van der Waals surface area contributed by atoms with Crippen LogP contribution in [0, 0.1) is 0 Å². The lowest BCUT2D eigenvalue weighted by molar-refractivity contribution is 0.0371. The van der Waals surface area contributed by atoms with Crippen molar-refractivity contribution >= 4 is 49.4 Å². The van der Waals surface area contributed by atoms with E-state index in [1.165, 1.54) is 0 Å². The van der Waals surface area contributed by atoms with Crippen LogP contribution in [0.5, 0.6) is 0 Å². The number of carbonyl (C=O) groups excluding carboxylic acids is 2. The van der Waals surface area contributed by atoms with Crippen molar-refractivity contribution in [2.45, 2.75) is 33.4 Å². The van der Waals surface area contributed by atoms with Crippen molar-refractivity contribution in [3.05, 3.63) is 26.7 Å². The van der Waals surface area contributed by atoms with E-state index in [1.807, 2.05) is 6.92 Å². The molecule has 23 heavy (non-hydrogen) atoms. The number of aromatic amines is 1. The Bertz CT molecular complexity index is 738. The molecular weight excluding hydrogens is 434 g/mol. The second-order valence-electron chi connectivity index (χ2n) is 4.86. The summed E-state index contributed by atoms with van der Waals surface area (Å²) in [4.78, 5) is 24.4. The molecule has 0 saturated carbocycles. The van der Waals surface area contributed by atoms with Gasteiger partial charge in [-0.05, 0) is 52.6 Å². The SMILES string of the molecule is CCn1cc(NC(=O)c2n[nH]c(Br)c2Br)c(C(=O)OC(C)C)n1. The van der Waals surface area contributed by atoms with Crippen LogP contribution >= 0.6 is 31.9 Å². The maximum absolute atomic E-state index is 12.3. The molecule has 0 aromatic carbocycles. The van der Waals surface area contributed by atoms with Gasteiger partial charge < -0.3 is 10.1 Å². The number of hydrogen-bond donors (Lipinski definition) is 2. The molecule has 0 aliphatic heterocycles. The molecule has 0 fully saturated rings. The molecule has 0 aliphatic carbocycles. The van der Waals surface area contributed by atoms with Crippen LogP contribution in [-0.2, 0) is 11.3 Å². The largest absolute Gasteiger partial charge is 0.458 e. The number of nitrogens with one attached hydrogen (secondary N) is 2. The van der Waals surface area contributed by atoms with Gasteiger partial charge in [-0.1, -0.05) is 0 Å². The van der Waals surface area contributed by atoms with Crippen molar-refractivity contribution in [3.63, 3.8) is 0 Å². The first kappa shape index (κ1) is 17.7. The Kier molecular flexibility index (Phi) is 5.58. The van der Waals surface area contributed by atoms with Crippen LogP contribution in [0.15, 0.2) is 15.3 Å². The van der Waals surface area contributed by atoms with Gasteiger partial charge in [0.1, 0.15) is 4.60 Å². The number of carbonyl (C=O) groups is 2. The summed E-state index contributed by atoms with van der Waals surface area (Å²) in [6.45, 7) is 5.91. The highest BCUT2D eigenvalue weighted by Gasteiger charge is 2.23. The lowest BCUT2D eigenvalue weighted by atomic mass is 10.3. The number of esters is 1. The minimum absolute atomic E-state index is 0.0552. The van der Waals surface area contributed by atoms with Crippen LogP contribution in [0.1, 0.15) is 41.7 Å². The lowest BCUT2D eigenvalue weighted by Crippen LogP contribution is -2.17. The van der Waals surface area contributed by atoms with E-state index in [4.69, 9.17) is 4.74 Å². The highest BCUT2D eigenvalue weighted by molar-refractivity contribution is 9.13. The summed E-state index contributed by atoms with van der Waals surface area (Å²) in [6, 6.07) is 0. The van der Waals surface area contributed by atoms with Crippen LogP contribution in [-0.4, -0.2) is 38.0 Å². The van der Waals surface area contributed by atoms with Gasteiger partial charge in [-0.25, -0.2) is 4.79 Å². The summed E-state index contributed by atoms with van der Waals surface area (Å²) in [5.41, 5.74) is 0.484. The normalized spacial score (nSPS) is 10.9. The second kappa shape index (κ2) is 7.26. The molecule has 0 bridgehead atoms. The lowest BCUT2D eigenvalue weighted by Gasteiger charge is -2.07. The summed E-state index contributed by atoms with van der Waals surface area (Å²) in [6.07, 6.45) is 1.29. The number of anilines is 1. The molecule has 0 radical (unpaired) electrons. The Morgan fingerprint density at radius 3 is 2.61 bits per heavy atom. The fourth-order valence-electron chi connectivity index (χ4n) is 1.73. The molecule has 2 heterocycles. The predicted molar refractivity (Wildman–Crippen MR) is 90.4 cm³/mol. The van der Waals surface area contributed by atoms with Gasteiger partial charge in [0.15, 0.2) is 11.4 Å². The average Bonchev–Trinajstić information content (AvgIpc) is 3.03. The van der Waals surface area contributed by atoms with Crippen LogP contribution in [0.2, 0.25) is 0 Å². The molecule has 124 valence electrons. The van der Waals surface area contributed by atoms with E-state index < -0.39 is 11.9 Å². The smallest absolute Gasteiger partial charge is 0.361 e. The summed E-state index contributed by atoms with van der Waals surface area (Å²) < 4.78 is 7.73. The van der Waals surface area contributed by atoms with Gasteiger partial charge >= 0.3 is 5.97 Å². The number of ether oxygens (including phenoxy) is 1. The molecule has 8 nitrogen and oxygen atoms in total. The van der Waals surface area contributed by atoms with Gasteiger partial charge in [0.25, 0.3) is 5.91 Å². The first-order valence-electron chi connectivity index (χ1n) is 6.82. The average molecular weight is 449 g/mol. The number of aromatic nitrogens is 4. The number of amides is 1. The molecule has 0 spiro atoms. The highest BCUT2D eigenvalue weighted by Crippen LogP contribution is 2.25. The molecule has 2 aromatic heterocycles. The fraction of sp³-hybridized carbons (Fsp3) is 0.385. The number of aryl methyl sites for hydroxylation is 1. The van der Waals surface area contributed by atoms with E-state index in [2.05, 4.69) is 52.5 Å². The maximum atomic E-state index is 12.3. The molecule has 1 amide bonds. The van der Waals surface area contributed by atoms with Crippen molar-refractivity contribution in [1.82, 2.24) is 20.0 Å². The molecule has 10 heteroatoms. The minimum Gasteiger partial charge on any atom is -0.458 e. The Hall–Kier alpha value is -1.68. The van der Waals surface area contributed by atoms with Crippen LogP contribution in [0.3, 0.4) is 0 Å². The molecule has 2 N–H and O–H groups in total. The number of halogens is 2. The Balaban J connectivity index is 2.28. The van der Waals surface area contributed by atoms with E-state index in [0.29, 0.717) is 15.6 Å². The maximum Gasteiger partial charge on any atom is 0.361 e. The van der Waals surface area contributed by atoms with Crippen molar-refractivity contribution in [2.24, 2.45) is 0 Å². The van der Waals surface area contributed by atoms with Gasteiger partial charge in [0.05, 0.1) is 16.3 Å². The zero-order valence-corrected chi connectivity index (χ0v) is 15.9. The van der Waals surface area contributed by atoms with E-state index in [9.17, 15) is 9.59 Å². The third-order valence-corrected chi connectivity index (χ3v) is 4.63. The topological polar surface area (TPSA) is 102 Å². The van der Waals surface area contributed by atoms with Gasteiger partial charge in [-0.2, -0.15) is 10.2 Å². The summed E-state index contributed by atoms with van der Waals surface area (Å²) in [5.74, 6) is -1.07. The van der Waals surface area contributed by atoms with Crippen LogP contribution in [0.4, 0.5) is 5.69 Å². The molecule has 0 aliphatic rings. The molecular formula is C13H15Br2N5O3. The monoisotopic (exact) mass is 447 g/mol. The Morgan fingerprint density at radius 1 is 1.39 bits per heavy atom. The van der Waals surface area contributed by atoms with Gasteiger partial charge in [0.2, 0.25) is 0 Å². The van der Waals surface area contributed by atoms with Gasteiger partial charge in [0, 0.05) is 12.7 Å². The van der Waals surface area contributed by atoms with Gasteiger partial charge in [-0.15, -0.1) is 0 Å². The van der Waals surface area contributed by atoms with Crippen molar-refractivity contribution in [1.29, 1.82) is 0 Å². The number of rotatable bonds is 5. The molecule has 2 aromatic rings. The minimum atomic E-state index is -0.593. The van der Waals surface area contributed by atoms with Crippen molar-refractivity contribution < 1.29 is 14.3 Å². The summed E-state index contributed by atoms with van der Waals surface area (Å²) in [7, 11) is 0. The molecule has 2 rings (SSSR count). The number of H-pyrrole nitrogens is 1. The van der Waals surface area contributed by atoms with Crippen LogP contribution in [0.25, 0.3) is 0 Å². The summed E-state index contributed by atoms with van der Waals surface area (Å²) >= 11 is 6.46. The third-order valence-electron chi connectivity index (χ3n) is 2.75. The molecule has 0 unspecified atom stereocenters. The first-order chi connectivity index (χ1) is 10.8. The van der Waals surface area contributed by atoms with Gasteiger partial charge in [-0.3, -0.25) is 14.6 Å². The quantitative estimate of drug-likeness (QED) is 0.684. The fourth-order valence-corrected chi connectivity index (χ4v) is 2.37. The van der Waals surface area contributed by atoms with Crippen molar-refractivity contribution in [2.75, 3.05) is 5.32 Å². The second-order valence-corrected chi connectivity index (χ2v) is 6.44. The first-order valence-corrected chi connectivity index (χ1v) is 8.41. The van der Waals surface area contributed by atoms with E-state index >= 15 is 0 Å². The zero-order chi connectivity index (χ0) is 17.1. The Labute approximate surface area is 149 Å². The van der Waals surface area contributed by atoms with Crippen LogP contribution < -0.4 is 5.32 Å². The number of hydrogen-bond acceptors (Lipinski definition) is 5. The van der Waals surface area contributed by atoms with Crippen molar-refractivity contribution in [3.8, 4) is 0 Å². The standard InChI is InChI=1S/C13H15Br2N5O3/c1-4-20-5-7(9(19-20)13(22)23-6(2)3)16-12(21)10-8(14)11(15)18-17-10/h5-6H,4H2,1-3H3,(H,16,21)(H,17,18). The molecule has 0 saturated heterocycles. The van der Waals surface area contributed by atoms with E-state index in [0.717, 1.165) is 0 Å². The predicted octanol–water partition coefficient (Wildman–Crippen LogP) is 2.97. The molecule has 0 atom stereocenters. The highest BCUT2D eigenvalue weighted by atomic mass is 79.9. The Morgan fingerprint density at radius 2 is 2.09 bits per heavy atom. The number of nitrogens with zero attached hydrogens (tertiary/aromatic N) is 3. The zero-order valence-electron chi connectivity index (χ0n) is 12.7.